The molecule has 1 aromatic rings. The molecule has 0 saturated carbocycles. The van der Waals surface area contributed by atoms with E-state index < -0.39 is 0 Å². The SMILES string of the molecule is Cn1ncc2c1CC[C@@H](N)C2. The normalized spacial score (nSPS) is 23.3. The van der Waals surface area contributed by atoms with Crippen LogP contribution in [0.3, 0.4) is 0 Å². The lowest BCUT2D eigenvalue weighted by atomic mass is 9.94. The number of hydrogen-bond donors (Lipinski definition) is 1. The van der Waals surface area contributed by atoms with Crippen LogP contribution in [0.5, 0.6) is 0 Å². The van der Waals surface area contributed by atoms with Crippen molar-refractivity contribution in [3.63, 3.8) is 0 Å². The van der Waals surface area contributed by atoms with Crippen molar-refractivity contribution in [2.45, 2.75) is 25.3 Å². The molecule has 3 nitrogen and oxygen atoms in total. The topological polar surface area (TPSA) is 43.8 Å². The zero-order valence-electron chi connectivity index (χ0n) is 6.75. The predicted octanol–water partition coefficient (Wildman–Crippen LogP) is 0.236. The third kappa shape index (κ3) is 1.05. The molecule has 11 heavy (non-hydrogen) atoms. The van der Waals surface area contributed by atoms with Gasteiger partial charge in [-0.3, -0.25) is 4.68 Å². The van der Waals surface area contributed by atoms with Crippen LogP contribution in [-0.4, -0.2) is 15.8 Å². The molecule has 60 valence electrons. The molecular weight excluding hydrogens is 138 g/mol. The highest BCUT2D eigenvalue weighted by molar-refractivity contribution is 5.21. The summed E-state index contributed by atoms with van der Waals surface area (Å²) in [5, 5.41) is 4.19. The van der Waals surface area contributed by atoms with Gasteiger partial charge in [0.2, 0.25) is 0 Å². The fourth-order valence-corrected chi connectivity index (χ4v) is 1.71. The minimum atomic E-state index is 0.353. The summed E-state index contributed by atoms with van der Waals surface area (Å²) in [4.78, 5) is 0. The summed E-state index contributed by atoms with van der Waals surface area (Å²) in [6.45, 7) is 0. The second-order valence-corrected chi connectivity index (χ2v) is 3.24. The van der Waals surface area contributed by atoms with Crippen LogP contribution in [0.25, 0.3) is 0 Å². The van der Waals surface area contributed by atoms with E-state index in [-0.39, 0.29) is 0 Å². The molecule has 3 heteroatoms. The fourth-order valence-electron chi connectivity index (χ4n) is 1.71. The van der Waals surface area contributed by atoms with E-state index in [1.54, 1.807) is 0 Å². The van der Waals surface area contributed by atoms with Gasteiger partial charge in [0.05, 0.1) is 6.20 Å². The van der Waals surface area contributed by atoms with Crippen LogP contribution in [0.1, 0.15) is 17.7 Å². The quantitative estimate of drug-likeness (QED) is 0.577. The Bertz CT molecular complexity index is 264. The average molecular weight is 151 g/mol. The number of fused-ring (bicyclic) bond motifs is 1. The molecule has 0 aliphatic heterocycles. The van der Waals surface area contributed by atoms with Gasteiger partial charge in [-0.15, -0.1) is 0 Å². The maximum atomic E-state index is 5.82. The minimum Gasteiger partial charge on any atom is -0.327 e. The third-order valence-electron chi connectivity index (χ3n) is 2.38. The van der Waals surface area contributed by atoms with Gasteiger partial charge in [0.15, 0.2) is 0 Å². The molecule has 0 saturated heterocycles. The molecule has 1 aromatic heterocycles. The number of rotatable bonds is 0. The van der Waals surface area contributed by atoms with Crippen molar-refractivity contribution in [3.8, 4) is 0 Å². The molecule has 0 radical (unpaired) electrons. The van der Waals surface area contributed by atoms with Gasteiger partial charge in [-0.2, -0.15) is 5.10 Å². The summed E-state index contributed by atoms with van der Waals surface area (Å²) in [6, 6.07) is 0.353. The molecular formula is C8H13N3. The van der Waals surface area contributed by atoms with Crippen LogP contribution >= 0.6 is 0 Å². The summed E-state index contributed by atoms with van der Waals surface area (Å²) >= 11 is 0. The van der Waals surface area contributed by atoms with Crippen LogP contribution < -0.4 is 5.73 Å². The molecule has 0 amide bonds. The Morgan fingerprint density at radius 1 is 1.73 bits per heavy atom. The number of nitrogens with zero attached hydrogens (tertiary/aromatic N) is 2. The number of nitrogens with two attached hydrogens (primary N) is 1. The largest absolute Gasteiger partial charge is 0.327 e. The van der Waals surface area contributed by atoms with Gasteiger partial charge in [-0.1, -0.05) is 0 Å². The Morgan fingerprint density at radius 3 is 3.36 bits per heavy atom. The fraction of sp³-hybridized carbons (Fsp3) is 0.625. The maximum Gasteiger partial charge on any atom is 0.0525 e. The van der Waals surface area contributed by atoms with Crippen molar-refractivity contribution in [3.05, 3.63) is 17.5 Å². The summed E-state index contributed by atoms with van der Waals surface area (Å²) in [5.74, 6) is 0. The highest BCUT2D eigenvalue weighted by Gasteiger charge is 2.17. The first-order valence-corrected chi connectivity index (χ1v) is 4.02. The monoisotopic (exact) mass is 151 g/mol. The second-order valence-electron chi connectivity index (χ2n) is 3.24. The van der Waals surface area contributed by atoms with Gasteiger partial charge in [0.25, 0.3) is 0 Å². The van der Waals surface area contributed by atoms with Crippen molar-refractivity contribution in [1.29, 1.82) is 0 Å². The van der Waals surface area contributed by atoms with E-state index in [2.05, 4.69) is 5.10 Å². The molecule has 2 rings (SSSR count). The highest BCUT2D eigenvalue weighted by Crippen LogP contribution is 2.18. The molecule has 0 aromatic carbocycles. The Hall–Kier alpha value is -0.830. The highest BCUT2D eigenvalue weighted by atomic mass is 15.3. The van der Waals surface area contributed by atoms with Crippen LogP contribution in [0, 0.1) is 0 Å². The zero-order chi connectivity index (χ0) is 7.84. The first-order chi connectivity index (χ1) is 5.27. The minimum absolute atomic E-state index is 0.353. The Labute approximate surface area is 66.2 Å². The Morgan fingerprint density at radius 2 is 2.55 bits per heavy atom. The van der Waals surface area contributed by atoms with Crippen molar-refractivity contribution in [2.24, 2.45) is 12.8 Å². The van der Waals surface area contributed by atoms with Crippen LogP contribution in [0.2, 0.25) is 0 Å². The molecule has 1 heterocycles. The Balaban J connectivity index is 2.36. The molecule has 1 aliphatic rings. The third-order valence-corrected chi connectivity index (χ3v) is 2.38. The van der Waals surface area contributed by atoms with E-state index in [1.165, 1.54) is 11.3 Å². The van der Waals surface area contributed by atoms with Crippen LogP contribution in [-0.2, 0) is 19.9 Å². The summed E-state index contributed by atoms with van der Waals surface area (Å²) < 4.78 is 1.96. The number of aromatic nitrogens is 2. The molecule has 2 N–H and O–H groups in total. The van der Waals surface area contributed by atoms with Gasteiger partial charge in [0.1, 0.15) is 0 Å². The van der Waals surface area contributed by atoms with Gasteiger partial charge >= 0.3 is 0 Å². The van der Waals surface area contributed by atoms with Crippen molar-refractivity contribution >= 4 is 0 Å². The van der Waals surface area contributed by atoms with Gasteiger partial charge in [0, 0.05) is 18.8 Å². The molecule has 0 spiro atoms. The smallest absolute Gasteiger partial charge is 0.0525 e. The zero-order valence-corrected chi connectivity index (χ0v) is 6.75. The summed E-state index contributed by atoms with van der Waals surface area (Å²) in [5.41, 5.74) is 8.53. The molecule has 0 fully saturated rings. The van der Waals surface area contributed by atoms with Gasteiger partial charge in [-0.05, 0) is 24.8 Å². The lowest BCUT2D eigenvalue weighted by Crippen LogP contribution is -2.28. The van der Waals surface area contributed by atoms with Crippen molar-refractivity contribution in [2.75, 3.05) is 0 Å². The van der Waals surface area contributed by atoms with Crippen molar-refractivity contribution in [1.82, 2.24) is 9.78 Å². The molecule has 0 bridgehead atoms. The molecule has 1 atom stereocenters. The lowest BCUT2D eigenvalue weighted by molar-refractivity contribution is 0.552. The van der Waals surface area contributed by atoms with Gasteiger partial charge < -0.3 is 5.73 Å². The van der Waals surface area contributed by atoms with E-state index in [4.69, 9.17) is 5.73 Å². The first kappa shape index (κ1) is 6.85. The van der Waals surface area contributed by atoms with E-state index in [0.717, 1.165) is 19.3 Å². The van der Waals surface area contributed by atoms with E-state index in [0.29, 0.717) is 6.04 Å². The second kappa shape index (κ2) is 2.34. The lowest BCUT2D eigenvalue weighted by Gasteiger charge is -2.17. The van der Waals surface area contributed by atoms with Crippen LogP contribution in [0.4, 0.5) is 0 Å². The average Bonchev–Trinajstić information content (AvgIpc) is 2.32. The standard InChI is InChI=1S/C8H13N3/c1-11-8-3-2-7(9)4-6(8)5-10-11/h5,7H,2-4,9H2,1H3/t7-/m1/s1. The van der Waals surface area contributed by atoms with Crippen LogP contribution in [0.15, 0.2) is 6.20 Å². The van der Waals surface area contributed by atoms with E-state index in [1.807, 2.05) is 17.9 Å². The van der Waals surface area contributed by atoms with Gasteiger partial charge in [-0.25, -0.2) is 0 Å². The first-order valence-electron chi connectivity index (χ1n) is 4.02. The Kier molecular flexibility index (Phi) is 1.46. The molecule has 0 unspecified atom stereocenters. The molecule has 1 aliphatic carbocycles. The summed E-state index contributed by atoms with van der Waals surface area (Å²) in [6.07, 6.45) is 5.14. The van der Waals surface area contributed by atoms with Crippen molar-refractivity contribution < 1.29 is 0 Å². The van der Waals surface area contributed by atoms with E-state index >= 15 is 0 Å². The predicted molar refractivity (Wildman–Crippen MR) is 43.2 cm³/mol. The number of hydrogen-bond acceptors (Lipinski definition) is 2. The van der Waals surface area contributed by atoms with E-state index in [9.17, 15) is 0 Å². The maximum absolute atomic E-state index is 5.82. The summed E-state index contributed by atoms with van der Waals surface area (Å²) in [7, 11) is 2.00. The number of aryl methyl sites for hydroxylation is 1.